The average molecular weight is 289 g/mol. The highest BCUT2D eigenvalue weighted by Gasteiger charge is 2.30. The monoisotopic (exact) mass is 289 g/mol. The number of hydrogen-bond acceptors (Lipinski definition) is 2. The van der Waals surface area contributed by atoms with Crippen molar-refractivity contribution < 1.29 is 22.8 Å². The van der Waals surface area contributed by atoms with E-state index in [1.54, 1.807) is 6.92 Å². The summed E-state index contributed by atoms with van der Waals surface area (Å²) in [6.07, 6.45) is -4.72. The minimum atomic E-state index is -4.45. The van der Waals surface area contributed by atoms with Gasteiger partial charge in [-0.3, -0.25) is 10.2 Å². The molecule has 3 N–H and O–H groups in total. The number of carbonyl (C=O) groups is 2. The van der Waals surface area contributed by atoms with Crippen molar-refractivity contribution in [1.29, 1.82) is 0 Å². The van der Waals surface area contributed by atoms with Gasteiger partial charge in [0.05, 0.1) is 12.0 Å². The van der Waals surface area contributed by atoms with Gasteiger partial charge in [-0.1, -0.05) is 18.2 Å². The molecule has 0 aliphatic carbocycles. The average Bonchev–Trinajstić information content (AvgIpc) is 2.36. The van der Waals surface area contributed by atoms with Crippen LogP contribution in [0, 0.1) is 0 Å². The number of rotatable bonds is 3. The van der Waals surface area contributed by atoms with Crippen LogP contribution in [0.25, 0.3) is 0 Å². The lowest BCUT2D eigenvalue weighted by Gasteiger charge is -2.10. The number of benzene rings is 1. The molecule has 0 atom stereocenters. The highest BCUT2D eigenvalue weighted by molar-refractivity contribution is 5.82. The fourth-order valence-electron chi connectivity index (χ4n) is 1.42. The van der Waals surface area contributed by atoms with E-state index in [2.05, 4.69) is 16.2 Å². The first-order chi connectivity index (χ1) is 9.32. The minimum absolute atomic E-state index is 0.204. The zero-order valence-corrected chi connectivity index (χ0v) is 10.7. The number of alkyl halides is 3. The van der Waals surface area contributed by atoms with Gasteiger partial charge in [0, 0.05) is 6.54 Å². The van der Waals surface area contributed by atoms with Gasteiger partial charge in [0.15, 0.2) is 0 Å². The van der Waals surface area contributed by atoms with Crippen LogP contribution in [0.2, 0.25) is 0 Å². The maximum absolute atomic E-state index is 12.5. The van der Waals surface area contributed by atoms with Crippen LogP contribution in [0.1, 0.15) is 18.1 Å². The molecular weight excluding hydrogens is 275 g/mol. The van der Waals surface area contributed by atoms with Crippen LogP contribution < -0.4 is 16.2 Å². The molecule has 0 saturated carbocycles. The standard InChI is InChI=1S/C12H14F3N3O2/c1-2-16-11(20)18-17-10(19)7-8-4-3-5-9(6-8)12(13,14)15/h3-6H,2,7H2,1H3,(H,17,19)(H2,16,18,20). The van der Waals surface area contributed by atoms with Gasteiger partial charge in [0.1, 0.15) is 0 Å². The highest BCUT2D eigenvalue weighted by atomic mass is 19.4. The first kappa shape index (κ1) is 15.8. The third kappa shape index (κ3) is 5.17. The lowest BCUT2D eigenvalue weighted by Crippen LogP contribution is -2.47. The van der Waals surface area contributed by atoms with Gasteiger partial charge in [-0.2, -0.15) is 13.2 Å². The summed E-state index contributed by atoms with van der Waals surface area (Å²) >= 11 is 0. The van der Waals surface area contributed by atoms with Crippen molar-refractivity contribution in [3.05, 3.63) is 35.4 Å². The predicted molar refractivity (Wildman–Crippen MR) is 65.5 cm³/mol. The molecule has 5 nitrogen and oxygen atoms in total. The van der Waals surface area contributed by atoms with Crippen molar-refractivity contribution in [3.8, 4) is 0 Å². The van der Waals surface area contributed by atoms with Gasteiger partial charge < -0.3 is 5.32 Å². The molecule has 0 spiro atoms. The first-order valence-corrected chi connectivity index (χ1v) is 5.81. The van der Waals surface area contributed by atoms with E-state index in [-0.39, 0.29) is 12.0 Å². The van der Waals surface area contributed by atoms with Crippen LogP contribution in [0.4, 0.5) is 18.0 Å². The van der Waals surface area contributed by atoms with E-state index in [0.717, 1.165) is 12.1 Å². The number of nitrogens with one attached hydrogen (secondary N) is 3. The maximum atomic E-state index is 12.5. The molecule has 1 aromatic carbocycles. The smallest absolute Gasteiger partial charge is 0.337 e. The zero-order valence-electron chi connectivity index (χ0n) is 10.7. The van der Waals surface area contributed by atoms with E-state index >= 15 is 0 Å². The summed E-state index contributed by atoms with van der Waals surface area (Å²) in [6.45, 7) is 2.08. The van der Waals surface area contributed by atoms with E-state index in [1.165, 1.54) is 12.1 Å². The Hall–Kier alpha value is -2.25. The lowest BCUT2D eigenvalue weighted by molar-refractivity contribution is -0.137. The molecule has 20 heavy (non-hydrogen) atoms. The quantitative estimate of drug-likeness (QED) is 0.740. The number of halogens is 3. The van der Waals surface area contributed by atoms with Gasteiger partial charge in [0.25, 0.3) is 0 Å². The summed E-state index contributed by atoms with van der Waals surface area (Å²) in [5.74, 6) is -0.615. The van der Waals surface area contributed by atoms with E-state index in [1.807, 2.05) is 0 Å². The Balaban J connectivity index is 2.56. The number of urea groups is 1. The molecule has 1 rings (SSSR count). The second-order valence-corrected chi connectivity index (χ2v) is 3.91. The van der Waals surface area contributed by atoms with Crippen molar-refractivity contribution in [2.24, 2.45) is 0 Å². The Morgan fingerprint density at radius 3 is 2.50 bits per heavy atom. The van der Waals surface area contributed by atoms with Crippen molar-refractivity contribution in [1.82, 2.24) is 16.2 Å². The van der Waals surface area contributed by atoms with E-state index in [0.29, 0.717) is 6.54 Å². The third-order valence-electron chi connectivity index (χ3n) is 2.27. The van der Waals surface area contributed by atoms with Crippen LogP contribution in [0.5, 0.6) is 0 Å². The Labute approximate surface area is 113 Å². The van der Waals surface area contributed by atoms with Crippen LogP contribution >= 0.6 is 0 Å². The number of amides is 3. The molecule has 0 bridgehead atoms. The molecule has 0 fully saturated rings. The number of carbonyl (C=O) groups excluding carboxylic acids is 2. The van der Waals surface area contributed by atoms with Crippen LogP contribution in [0.15, 0.2) is 24.3 Å². The Kier molecular flexibility index (Phi) is 5.36. The fraction of sp³-hybridized carbons (Fsp3) is 0.333. The normalized spacial score (nSPS) is 10.8. The molecule has 3 amide bonds. The molecule has 0 unspecified atom stereocenters. The van der Waals surface area contributed by atoms with E-state index in [4.69, 9.17) is 0 Å². The van der Waals surface area contributed by atoms with Crippen LogP contribution in [0.3, 0.4) is 0 Å². The molecule has 110 valence electrons. The fourth-order valence-corrected chi connectivity index (χ4v) is 1.42. The summed E-state index contributed by atoms with van der Waals surface area (Å²) in [5, 5.41) is 2.38. The van der Waals surface area contributed by atoms with E-state index < -0.39 is 23.7 Å². The zero-order chi connectivity index (χ0) is 15.2. The van der Waals surface area contributed by atoms with Gasteiger partial charge in [-0.15, -0.1) is 0 Å². The SMILES string of the molecule is CCNC(=O)NNC(=O)Cc1cccc(C(F)(F)F)c1. The van der Waals surface area contributed by atoms with Gasteiger partial charge >= 0.3 is 12.2 Å². The molecule has 0 aromatic heterocycles. The predicted octanol–water partition coefficient (Wildman–Crippen LogP) is 1.60. The summed E-state index contributed by atoms with van der Waals surface area (Å²) in [7, 11) is 0. The molecule has 8 heteroatoms. The van der Waals surface area contributed by atoms with Gasteiger partial charge in [0.2, 0.25) is 5.91 Å². The summed E-state index contributed by atoms with van der Waals surface area (Å²) < 4.78 is 37.4. The molecular formula is C12H14F3N3O2. The third-order valence-corrected chi connectivity index (χ3v) is 2.27. The maximum Gasteiger partial charge on any atom is 0.416 e. The van der Waals surface area contributed by atoms with Crippen LogP contribution in [-0.2, 0) is 17.4 Å². The topological polar surface area (TPSA) is 70.2 Å². The summed E-state index contributed by atoms with van der Waals surface area (Å²) in [4.78, 5) is 22.4. The van der Waals surface area contributed by atoms with Crippen molar-refractivity contribution >= 4 is 11.9 Å². The molecule has 0 heterocycles. The second kappa shape index (κ2) is 6.78. The van der Waals surface area contributed by atoms with E-state index in [9.17, 15) is 22.8 Å². The molecule has 1 aromatic rings. The molecule has 0 aliphatic heterocycles. The minimum Gasteiger partial charge on any atom is -0.337 e. The molecule has 0 aliphatic rings. The molecule has 0 saturated heterocycles. The van der Waals surface area contributed by atoms with Gasteiger partial charge in [-0.25, -0.2) is 10.2 Å². The van der Waals surface area contributed by atoms with Crippen LogP contribution in [-0.4, -0.2) is 18.5 Å². The first-order valence-electron chi connectivity index (χ1n) is 5.81. The summed E-state index contributed by atoms with van der Waals surface area (Å²) in [5.41, 5.74) is 3.55. The Morgan fingerprint density at radius 1 is 1.20 bits per heavy atom. The largest absolute Gasteiger partial charge is 0.416 e. The second-order valence-electron chi connectivity index (χ2n) is 3.91. The Morgan fingerprint density at radius 2 is 1.90 bits per heavy atom. The number of hydrogen-bond donors (Lipinski definition) is 3. The van der Waals surface area contributed by atoms with Crippen molar-refractivity contribution in [2.75, 3.05) is 6.54 Å². The van der Waals surface area contributed by atoms with Gasteiger partial charge in [-0.05, 0) is 18.6 Å². The number of hydrazine groups is 1. The lowest BCUT2D eigenvalue weighted by atomic mass is 10.1. The van der Waals surface area contributed by atoms with Crippen molar-refractivity contribution in [3.63, 3.8) is 0 Å². The summed E-state index contributed by atoms with van der Waals surface area (Å²) in [6, 6.07) is 3.86. The highest BCUT2D eigenvalue weighted by Crippen LogP contribution is 2.29. The van der Waals surface area contributed by atoms with Crippen molar-refractivity contribution in [2.45, 2.75) is 19.5 Å². The molecule has 0 radical (unpaired) electrons. The Bertz CT molecular complexity index is 489.